The number of hydrogen-bond acceptors (Lipinski definition) is 2. The SMILES string of the molecule is CCC(C)(C)c1cc(CN(C)C)c(O)c(C2CCCCC2)c1. The van der Waals surface area contributed by atoms with Crippen molar-refractivity contribution in [1.29, 1.82) is 0 Å². The van der Waals surface area contributed by atoms with Crippen molar-refractivity contribution in [3.63, 3.8) is 0 Å². The zero-order valence-corrected chi connectivity index (χ0v) is 15.1. The van der Waals surface area contributed by atoms with Crippen molar-refractivity contribution in [3.8, 4) is 5.75 Å². The molecule has 1 aliphatic carbocycles. The Balaban J connectivity index is 2.47. The second-order valence-electron chi connectivity index (χ2n) is 7.88. The van der Waals surface area contributed by atoms with Gasteiger partial charge in [-0.1, -0.05) is 52.2 Å². The Morgan fingerprint density at radius 1 is 1.14 bits per heavy atom. The van der Waals surface area contributed by atoms with Gasteiger partial charge < -0.3 is 10.0 Å². The molecule has 1 fully saturated rings. The normalized spacial score (nSPS) is 17.2. The highest BCUT2D eigenvalue weighted by molar-refractivity contribution is 5.47. The van der Waals surface area contributed by atoms with Gasteiger partial charge in [-0.2, -0.15) is 0 Å². The summed E-state index contributed by atoms with van der Waals surface area (Å²) >= 11 is 0. The van der Waals surface area contributed by atoms with Gasteiger partial charge >= 0.3 is 0 Å². The summed E-state index contributed by atoms with van der Waals surface area (Å²) < 4.78 is 0. The van der Waals surface area contributed by atoms with Crippen molar-refractivity contribution in [2.75, 3.05) is 14.1 Å². The molecule has 0 spiro atoms. The van der Waals surface area contributed by atoms with Gasteiger partial charge in [0.25, 0.3) is 0 Å². The molecule has 0 amide bonds. The summed E-state index contributed by atoms with van der Waals surface area (Å²) in [5.74, 6) is 1.10. The third-order valence-electron chi connectivity index (χ3n) is 5.42. The van der Waals surface area contributed by atoms with Crippen LogP contribution in [0.15, 0.2) is 12.1 Å². The molecule has 0 bridgehead atoms. The minimum atomic E-state index is 0.165. The molecule has 1 aliphatic rings. The van der Waals surface area contributed by atoms with E-state index in [0.717, 1.165) is 18.5 Å². The maximum atomic E-state index is 10.8. The van der Waals surface area contributed by atoms with Crippen molar-refractivity contribution in [1.82, 2.24) is 4.90 Å². The largest absolute Gasteiger partial charge is 0.507 e. The molecule has 1 saturated carbocycles. The van der Waals surface area contributed by atoms with Crippen LogP contribution in [0.4, 0.5) is 0 Å². The summed E-state index contributed by atoms with van der Waals surface area (Å²) in [5, 5.41) is 10.8. The summed E-state index contributed by atoms with van der Waals surface area (Å²) in [6, 6.07) is 4.53. The number of phenols is 1. The highest BCUT2D eigenvalue weighted by Gasteiger charge is 2.25. The molecular weight excluding hydrogens is 270 g/mol. The topological polar surface area (TPSA) is 23.5 Å². The van der Waals surface area contributed by atoms with Gasteiger partial charge in [-0.3, -0.25) is 0 Å². The highest BCUT2D eigenvalue weighted by atomic mass is 16.3. The van der Waals surface area contributed by atoms with Crippen molar-refractivity contribution in [2.45, 2.75) is 77.2 Å². The average molecular weight is 303 g/mol. The molecule has 1 aromatic rings. The molecule has 2 nitrogen and oxygen atoms in total. The van der Waals surface area contributed by atoms with E-state index in [4.69, 9.17) is 0 Å². The van der Waals surface area contributed by atoms with Gasteiger partial charge in [0.15, 0.2) is 0 Å². The molecule has 0 saturated heterocycles. The van der Waals surface area contributed by atoms with Gasteiger partial charge in [0.2, 0.25) is 0 Å². The van der Waals surface area contributed by atoms with Crippen LogP contribution in [0.25, 0.3) is 0 Å². The third kappa shape index (κ3) is 3.84. The molecule has 2 heteroatoms. The fourth-order valence-electron chi connectivity index (χ4n) is 3.50. The third-order valence-corrected chi connectivity index (χ3v) is 5.42. The monoisotopic (exact) mass is 303 g/mol. The fourth-order valence-corrected chi connectivity index (χ4v) is 3.50. The Bertz CT molecular complexity index is 499. The van der Waals surface area contributed by atoms with E-state index in [1.54, 1.807) is 0 Å². The molecule has 22 heavy (non-hydrogen) atoms. The molecule has 124 valence electrons. The van der Waals surface area contributed by atoms with Gasteiger partial charge in [0, 0.05) is 12.1 Å². The van der Waals surface area contributed by atoms with Crippen LogP contribution < -0.4 is 0 Å². The maximum absolute atomic E-state index is 10.8. The minimum Gasteiger partial charge on any atom is -0.507 e. The Morgan fingerprint density at radius 3 is 2.32 bits per heavy atom. The lowest BCUT2D eigenvalue weighted by molar-refractivity contribution is 0.374. The molecule has 2 rings (SSSR count). The molecule has 0 aromatic heterocycles. The van der Waals surface area contributed by atoms with Crippen LogP contribution in [0.3, 0.4) is 0 Å². The van der Waals surface area contributed by atoms with Crippen molar-refractivity contribution in [2.24, 2.45) is 0 Å². The average Bonchev–Trinajstić information content (AvgIpc) is 2.49. The Hall–Kier alpha value is -1.02. The Labute approximate surface area is 136 Å². The summed E-state index contributed by atoms with van der Waals surface area (Å²) in [6.45, 7) is 7.67. The molecule has 0 atom stereocenters. The predicted octanol–water partition coefficient (Wildman–Crippen LogP) is 5.19. The van der Waals surface area contributed by atoms with Crippen LogP contribution in [-0.2, 0) is 12.0 Å². The van der Waals surface area contributed by atoms with Crippen LogP contribution in [-0.4, -0.2) is 24.1 Å². The molecule has 0 radical (unpaired) electrons. The van der Waals surface area contributed by atoms with Crippen molar-refractivity contribution in [3.05, 3.63) is 28.8 Å². The first-order valence-corrected chi connectivity index (χ1v) is 8.86. The lowest BCUT2D eigenvalue weighted by Gasteiger charge is -2.29. The summed E-state index contributed by atoms with van der Waals surface area (Å²) in [4.78, 5) is 2.14. The number of phenolic OH excluding ortho intramolecular Hbond substituents is 1. The zero-order valence-electron chi connectivity index (χ0n) is 15.1. The molecular formula is C20H33NO. The quantitative estimate of drug-likeness (QED) is 0.809. The maximum Gasteiger partial charge on any atom is 0.123 e. The van der Waals surface area contributed by atoms with E-state index in [0.29, 0.717) is 11.7 Å². The van der Waals surface area contributed by atoms with Gasteiger partial charge in [0.05, 0.1) is 0 Å². The Kier molecular flexibility index (Phi) is 5.55. The predicted molar refractivity (Wildman–Crippen MR) is 94.6 cm³/mol. The van der Waals surface area contributed by atoms with Crippen LogP contribution >= 0.6 is 0 Å². The van der Waals surface area contributed by atoms with Gasteiger partial charge in [-0.05, 0) is 55.8 Å². The number of rotatable bonds is 5. The van der Waals surface area contributed by atoms with E-state index < -0.39 is 0 Å². The van der Waals surface area contributed by atoms with E-state index >= 15 is 0 Å². The number of nitrogens with zero attached hydrogens (tertiary/aromatic N) is 1. The van der Waals surface area contributed by atoms with Crippen molar-refractivity contribution < 1.29 is 5.11 Å². The first-order valence-electron chi connectivity index (χ1n) is 8.86. The van der Waals surface area contributed by atoms with Crippen LogP contribution in [0.1, 0.15) is 81.9 Å². The summed E-state index contributed by atoms with van der Waals surface area (Å²) in [6.07, 6.45) is 7.52. The first-order chi connectivity index (χ1) is 10.3. The molecule has 0 heterocycles. The standard InChI is InChI=1S/C20H33NO/c1-6-20(2,3)17-12-16(14-21(4)5)19(22)18(13-17)15-10-8-7-9-11-15/h12-13,15,22H,6-11,14H2,1-5H3. The number of benzene rings is 1. The summed E-state index contributed by atoms with van der Waals surface area (Å²) in [5.41, 5.74) is 3.84. The molecule has 1 N–H and O–H groups in total. The van der Waals surface area contributed by atoms with E-state index in [9.17, 15) is 5.11 Å². The van der Waals surface area contributed by atoms with Gasteiger partial charge in [0.1, 0.15) is 5.75 Å². The lowest BCUT2D eigenvalue weighted by atomic mass is 9.77. The Morgan fingerprint density at radius 2 is 1.77 bits per heavy atom. The smallest absolute Gasteiger partial charge is 0.123 e. The van der Waals surface area contributed by atoms with Crippen LogP contribution in [0.2, 0.25) is 0 Å². The van der Waals surface area contributed by atoms with E-state index in [-0.39, 0.29) is 5.41 Å². The van der Waals surface area contributed by atoms with E-state index in [1.165, 1.54) is 43.2 Å². The first kappa shape index (κ1) is 17.3. The lowest BCUT2D eigenvalue weighted by Crippen LogP contribution is -2.19. The van der Waals surface area contributed by atoms with E-state index in [1.807, 2.05) is 0 Å². The molecule has 1 aromatic carbocycles. The van der Waals surface area contributed by atoms with Crippen LogP contribution in [0, 0.1) is 0 Å². The second-order valence-corrected chi connectivity index (χ2v) is 7.88. The molecule has 0 aliphatic heterocycles. The highest BCUT2D eigenvalue weighted by Crippen LogP contribution is 2.41. The van der Waals surface area contributed by atoms with E-state index in [2.05, 4.69) is 51.9 Å². The van der Waals surface area contributed by atoms with Gasteiger partial charge in [-0.25, -0.2) is 0 Å². The number of hydrogen-bond donors (Lipinski definition) is 1. The second kappa shape index (κ2) is 7.04. The van der Waals surface area contributed by atoms with Crippen LogP contribution in [0.5, 0.6) is 5.75 Å². The van der Waals surface area contributed by atoms with Crippen molar-refractivity contribution >= 4 is 0 Å². The molecule has 0 unspecified atom stereocenters. The fraction of sp³-hybridized carbons (Fsp3) is 0.700. The zero-order chi connectivity index (χ0) is 16.3. The minimum absolute atomic E-state index is 0.165. The van der Waals surface area contributed by atoms with Gasteiger partial charge in [-0.15, -0.1) is 0 Å². The number of aromatic hydroxyl groups is 1. The summed E-state index contributed by atoms with van der Waals surface area (Å²) in [7, 11) is 4.13.